The van der Waals surface area contributed by atoms with Gasteiger partial charge >= 0.3 is 5.97 Å². The molecule has 2 heterocycles. The van der Waals surface area contributed by atoms with Crippen molar-refractivity contribution < 1.29 is 9.53 Å². The van der Waals surface area contributed by atoms with E-state index in [0.717, 1.165) is 25.2 Å². The molecule has 0 bridgehead atoms. The number of carbonyl (C=O) groups excluding carboxylic acids is 1. The first kappa shape index (κ1) is 11.1. The number of aromatic nitrogens is 3. The van der Waals surface area contributed by atoms with Crippen molar-refractivity contribution in [2.45, 2.75) is 51.7 Å². The predicted molar refractivity (Wildman–Crippen MR) is 57.8 cm³/mol. The molecule has 1 atom stereocenters. The Bertz CT molecular complexity index is 392. The summed E-state index contributed by atoms with van der Waals surface area (Å²) in [6.07, 6.45) is 3.44. The lowest BCUT2D eigenvalue weighted by molar-refractivity contribution is -0.157. The van der Waals surface area contributed by atoms with Crippen LogP contribution in [0.5, 0.6) is 0 Å². The molecule has 2 rings (SSSR count). The quantitative estimate of drug-likeness (QED) is 0.677. The van der Waals surface area contributed by atoms with Crippen LogP contribution < -0.4 is 0 Å². The van der Waals surface area contributed by atoms with Gasteiger partial charge in [0, 0.05) is 6.54 Å². The summed E-state index contributed by atoms with van der Waals surface area (Å²) in [5.74, 6) is 0.289. The van der Waals surface area contributed by atoms with Crippen LogP contribution in [-0.2, 0) is 16.1 Å². The van der Waals surface area contributed by atoms with Crippen LogP contribution in [0.2, 0.25) is 0 Å². The molecule has 16 heavy (non-hydrogen) atoms. The first-order chi connectivity index (χ1) is 7.47. The van der Waals surface area contributed by atoms with E-state index < -0.39 is 5.60 Å². The van der Waals surface area contributed by atoms with Crippen LogP contribution in [0.1, 0.15) is 45.4 Å². The average Bonchev–Trinajstić information content (AvgIpc) is 2.61. The minimum Gasteiger partial charge on any atom is -0.459 e. The van der Waals surface area contributed by atoms with Gasteiger partial charge in [-0.1, -0.05) is 0 Å². The van der Waals surface area contributed by atoms with Gasteiger partial charge in [-0.15, -0.1) is 10.2 Å². The Balaban J connectivity index is 2.15. The van der Waals surface area contributed by atoms with E-state index in [1.165, 1.54) is 0 Å². The van der Waals surface area contributed by atoms with Crippen LogP contribution in [-0.4, -0.2) is 26.3 Å². The third kappa shape index (κ3) is 2.23. The summed E-state index contributed by atoms with van der Waals surface area (Å²) in [7, 11) is 0. The van der Waals surface area contributed by atoms with Crippen LogP contribution in [0.3, 0.4) is 0 Å². The number of carbonyl (C=O) groups is 1. The highest BCUT2D eigenvalue weighted by Crippen LogP contribution is 2.27. The second kappa shape index (κ2) is 3.88. The van der Waals surface area contributed by atoms with Crippen molar-refractivity contribution in [2.75, 3.05) is 0 Å². The molecule has 0 radical (unpaired) electrons. The molecule has 5 heteroatoms. The highest BCUT2D eigenvalue weighted by Gasteiger charge is 2.32. The van der Waals surface area contributed by atoms with Crippen LogP contribution >= 0.6 is 0 Å². The van der Waals surface area contributed by atoms with Crippen molar-refractivity contribution in [1.29, 1.82) is 0 Å². The van der Waals surface area contributed by atoms with Crippen molar-refractivity contribution >= 4 is 5.97 Å². The molecule has 0 aliphatic carbocycles. The second-order valence-corrected chi connectivity index (χ2v) is 5.11. The molecule has 1 aliphatic rings. The van der Waals surface area contributed by atoms with Crippen molar-refractivity contribution in [3.63, 3.8) is 0 Å². The van der Waals surface area contributed by atoms with Gasteiger partial charge in [0.05, 0.1) is 0 Å². The number of ether oxygens (including phenoxy) is 1. The Morgan fingerprint density at radius 2 is 2.31 bits per heavy atom. The molecule has 0 fully saturated rings. The molecule has 0 amide bonds. The molecule has 1 aliphatic heterocycles. The summed E-state index contributed by atoms with van der Waals surface area (Å²) in [5, 5.41) is 7.84. The summed E-state index contributed by atoms with van der Waals surface area (Å²) >= 11 is 0. The Morgan fingerprint density at radius 3 is 3.00 bits per heavy atom. The van der Waals surface area contributed by atoms with E-state index in [9.17, 15) is 4.79 Å². The van der Waals surface area contributed by atoms with E-state index in [2.05, 4.69) is 10.2 Å². The molecule has 0 saturated heterocycles. The number of fused-ring (bicyclic) bond motifs is 1. The van der Waals surface area contributed by atoms with Crippen molar-refractivity contribution in [1.82, 2.24) is 14.8 Å². The molecule has 5 nitrogen and oxygen atoms in total. The first-order valence-electron chi connectivity index (χ1n) is 5.58. The zero-order valence-corrected chi connectivity index (χ0v) is 9.93. The Labute approximate surface area is 94.8 Å². The molecule has 0 N–H and O–H groups in total. The van der Waals surface area contributed by atoms with Gasteiger partial charge in [-0.3, -0.25) is 4.79 Å². The second-order valence-electron chi connectivity index (χ2n) is 5.11. The Morgan fingerprint density at radius 1 is 1.56 bits per heavy atom. The molecular formula is C11H17N3O2. The lowest BCUT2D eigenvalue weighted by atomic mass is 9.99. The van der Waals surface area contributed by atoms with Gasteiger partial charge in [-0.05, 0) is 33.6 Å². The fraction of sp³-hybridized carbons (Fsp3) is 0.727. The molecule has 88 valence electrons. The predicted octanol–water partition coefficient (Wildman–Crippen LogP) is 1.50. The van der Waals surface area contributed by atoms with E-state index in [4.69, 9.17) is 4.74 Å². The molecule has 0 saturated carbocycles. The third-order valence-corrected chi connectivity index (χ3v) is 2.54. The topological polar surface area (TPSA) is 57.0 Å². The highest BCUT2D eigenvalue weighted by molar-refractivity contribution is 5.77. The summed E-state index contributed by atoms with van der Waals surface area (Å²) in [4.78, 5) is 12.0. The van der Waals surface area contributed by atoms with E-state index in [1.54, 1.807) is 6.33 Å². The van der Waals surface area contributed by atoms with Gasteiger partial charge in [0.25, 0.3) is 0 Å². The zero-order chi connectivity index (χ0) is 11.8. The number of aryl methyl sites for hydroxylation is 1. The van der Waals surface area contributed by atoms with Crippen LogP contribution in [0, 0.1) is 0 Å². The van der Waals surface area contributed by atoms with Gasteiger partial charge in [-0.2, -0.15) is 0 Å². The lowest BCUT2D eigenvalue weighted by Gasteiger charge is -2.26. The molecule has 1 aromatic rings. The maximum atomic E-state index is 12.0. The number of hydrogen-bond donors (Lipinski definition) is 0. The van der Waals surface area contributed by atoms with Crippen LogP contribution in [0.25, 0.3) is 0 Å². The maximum Gasteiger partial charge on any atom is 0.317 e. The van der Waals surface area contributed by atoms with E-state index >= 15 is 0 Å². The molecule has 1 unspecified atom stereocenters. The van der Waals surface area contributed by atoms with Gasteiger partial charge < -0.3 is 9.30 Å². The summed E-state index contributed by atoms with van der Waals surface area (Å²) in [6.45, 7) is 6.51. The van der Waals surface area contributed by atoms with Gasteiger partial charge in [0.2, 0.25) is 0 Å². The number of hydrogen-bond acceptors (Lipinski definition) is 4. The summed E-state index contributed by atoms with van der Waals surface area (Å²) in [6, 6.07) is 0. The molecule has 0 spiro atoms. The standard InChI is InChI=1S/C11H17N3O2/c1-11(2,3)16-10(15)8-5-4-6-14-7-12-13-9(8)14/h7-8H,4-6H2,1-3H3. The van der Waals surface area contributed by atoms with Gasteiger partial charge in [0.1, 0.15) is 23.7 Å². The average molecular weight is 223 g/mol. The maximum absolute atomic E-state index is 12.0. The normalized spacial score (nSPS) is 20.3. The van der Waals surface area contributed by atoms with Crippen LogP contribution in [0.15, 0.2) is 6.33 Å². The molecular weight excluding hydrogens is 206 g/mol. The van der Waals surface area contributed by atoms with E-state index in [-0.39, 0.29) is 11.9 Å². The summed E-state index contributed by atoms with van der Waals surface area (Å²) < 4.78 is 7.31. The number of rotatable bonds is 1. The van der Waals surface area contributed by atoms with Crippen molar-refractivity contribution in [3.8, 4) is 0 Å². The lowest BCUT2D eigenvalue weighted by Crippen LogP contribution is -2.30. The monoisotopic (exact) mass is 223 g/mol. The largest absolute Gasteiger partial charge is 0.459 e. The fourth-order valence-electron chi connectivity index (χ4n) is 1.90. The van der Waals surface area contributed by atoms with Gasteiger partial charge in [-0.25, -0.2) is 0 Å². The Kier molecular flexibility index (Phi) is 2.69. The molecule has 0 aromatic carbocycles. The van der Waals surface area contributed by atoms with E-state index in [0.29, 0.717) is 0 Å². The molecule has 1 aromatic heterocycles. The van der Waals surface area contributed by atoms with E-state index in [1.807, 2.05) is 25.3 Å². The first-order valence-corrected chi connectivity index (χ1v) is 5.58. The van der Waals surface area contributed by atoms with Crippen molar-refractivity contribution in [2.24, 2.45) is 0 Å². The Hall–Kier alpha value is -1.39. The van der Waals surface area contributed by atoms with Gasteiger partial charge in [0.15, 0.2) is 0 Å². The zero-order valence-electron chi connectivity index (χ0n) is 9.93. The minimum atomic E-state index is -0.445. The highest BCUT2D eigenvalue weighted by atomic mass is 16.6. The van der Waals surface area contributed by atoms with Crippen molar-refractivity contribution in [3.05, 3.63) is 12.2 Å². The smallest absolute Gasteiger partial charge is 0.317 e. The summed E-state index contributed by atoms with van der Waals surface area (Å²) in [5.41, 5.74) is -0.445. The van der Waals surface area contributed by atoms with Crippen LogP contribution in [0.4, 0.5) is 0 Å². The minimum absolute atomic E-state index is 0.193. The number of nitrogens with zero attached hydrogens (tertiary/aromatic N) is 3. The number of esters is 1. The third-order valence-electron chi connectivity index (χ3n) is 2.54. The fourth-order valence-corrected chi connectivity index (χ4v) is 1.90. The SMILES string of the molecule is CC(C)(C)OC(=O)C1CCCn2cnnc21.